The first-order valence-corrected chi connectivity index (χ1v) is 9.81. The minimum atomic E-state index is 0.0721. The van der Waals surface area contributed by atoms with E-state index in [0.29, 0.717) is 26.2 Å². The number of ether oxygens (including phenoxy) is 3. The molecule has 0 aromatic heterocycles. The number of carbonyl (C=O) groups excluding carboxylic acids is 1. The van der Waals surface area contributed by atoms with E-state index in [2.05, 4.69) is 28.4 Å². The van der Waals surface area contributed by atoms with Crippen LogP contribution in [0.4, 0.5) is 0 Å². The van der Waals surface area contributed by atoms with Gasteiger partial charge in [0.1, 0.15) is 0 Å². The number of hydrogen-bond donors (Lipinski definition) is 1. The molecule has 2 aromatic rings. The Morgan fingerprint density at radius 1 is 1.04 bits per heavy atom. The molecule has 28 heavy (non-hydrogen) atoms. The van der Waals surface area contributed by atoms with Crippen LogP contribution in [0.1, 0.15) is 23.6 Å². The first-order valence-electron chi connectivity index (χ1n) is 9.81. The Labute approximate surface area is 165 Å². The molecule has 1 N–H and O–H groups in total. The van der Waals surface area contributed by atoms with E-state index in [4.69, 9.17) is 14.2 Å². The van der Waals surface area contributed by atoms with Crippen LogP contribution in [-0.4, -0.2) is 50.4 Å². The summed E-state index contributed by atoms with van der Waals surface area (Å²) in [6.07, 6.45) is 1.24. The Bertz CT molecular complexity index is 790. The number of benzene rings is 2. The smallest absolute Gasteiger partial charge is 0.231 e. The Kier molecular flexibility index (Phi) is 6.09. The van der Waals surface area contributed by atoms with Crippen LogP contribution in [0.5, 0.6) is 11.5 Å². The molecule has 1 amide bonds. The molecule has 0 bridgehead atoms. The van der Waals surface area contributed by atoms with Gasteiger partial charge >= 0.3 is 0 Å². The second-order valence-electron chi connectivity index (χ2n) is 7.07. The van der Waals surface area contributed by atoms with Gasteiger partial charge in [-0.05, 0) is 29.7 Å². The van der Waals surface area contributed by atoms with Gasteiger partial charge in [-0.15, -0.1) is 0 Å². The zero-order valence-corrected chi connectivity index (χ0v) is 15.9. The van der Waals surface area contributed by atoms with E-state index in [1.165, 1.54) is 5.56 Å². The van der Waals surface area contributed by atoms with Crippen molar-refractivity contribution >= 4 is 5.91 Å². The topological polar surface area (TPSA) is 60.0 Å². The number of amides is 1. The predicted molar refractivity (Wildman–Crippen MR) is 105 cm³/mol. The lowest BCUT2D eigenvalue weighted by molar-refractivity contribution is -0.121. The minimum Gasteiger partial charge on any atom is -0.454 e. The van der Waals surface area contributed by atoms with Gasteiger partial charge in [0.15, 0.2) is 11.5 Å². The SMILES string of the molecule is O=C(CCc1ccccc1)NC[C@@H](c1ccc2c(c1)OCO2)N1CCOCC1. The van der Waals surface area contributed by atoms with Crippen LogP contribution in [0.3, 0.4) is 0 Å². The summed E-state index contributed by atoms with van der Waals surface area (Å²) in [4.78, 5) is 14.8. The van der Waals surface area contributed by atoms with Gasteiger partial charge in [-0.3, -0.25) is 9.69 Å². The van der Waals surface area contributed by atoms with Crippen molar-refractivity contribution in [2.24, 2.45) is 0 Å². The second-order valence-corrected chi connectivity index (χ2v) is 7.07. The Morgan fingerprint density at radius 3 is 2.64 bits per heavy atom. The average molecular weight is 382 g/mol. The van der Waals surface area contributed by atoms with Crippen LogP contribution in [0.2, 0.25) is 0 Å². The molecule has 2 aliphatic heterocycles. The van der Waals surface area contributed by atoms with Gasteiger partial charge in [0, 0.05) is 26.1 Å². The van der Waals surface area contributed by atoms with E-state index in [1.54, 1.807) is 0 Å². The van der Waals surface area contributed by atoms with Crippen molar-refractivity contribution in [2.45, 2.75) is 18.9 Å². The zero-order chi connectivity index (χ0) is 19.2. The maximum absolute atomic E-state index is 12.4. The average Bonchev–Trinajstić information content (AvgIpc) is 3.22. The molecule has 1 atom stereocenters. The molecule has 148 valence electrons. The van der Waals surface area contributed by atoms with Crippen molar-refractivity contribution in [2.75, 3.05) is 39.6 Å². The predicted octanol–water partition coefficient (Wildman–Crippen LogP) is 2.54. The Morgan fingerprint density at radius 2 is 1.82 bits per heavy atom. The fraction of sp³-hybridized carbons (Fsp3) is 0.409. The summed E-state index contributed by atoms with van der Waals surface area (Å²) in [6, 6.07) is 16.2. The van der Waals surface area contributed by atoms with Crippen molar-refractivity contribution in [3.05, 3.63) is 59.7 Å². The van der Waals surface area contributed by atoms with Crippen molar-refractivity contribution in [3.63, 3.8) is 0 Å². The number of hydrogen-bond acceptors (Lipinski definition) is 5. The summed E-state index contributed by atoms with van der Waals surface area (Å²) in [5, 5.41) is 3.12. The third-order valence-corrected chi connectivity index (χ3v) is 5.24. The number of nitrogens with zero attached hydrogens (tertiary/aromatic N) is 1. The lowest BCUT2D eigenvalue weighted by Crippen LogP contribution is -2.43. The van der Waals surface area contributed by atoms with E-state index in [1.807, 2.05) is 30.3 Å². The van der Waals surface area contributed by atoms with Gasteiger partial charge in [-0.1, -0.05) is 36.4 Å². The number of aryl methyl sites for hydroxylation is 1. The van der Waals surface area contributed by atoms with Crippen LogP contribution < -0.4 is 14.8 Å². The summed E-state index contributed by atoms with van der Waals surface area (Å²) in [5.74, 6) is 1.62. The lowest BCUT2D eigenvalue weighted by Gasteiger charge is -2.35. The fourth-order valence-electron chi connectivity index (χ4n) is 3.67. The van der Waals surface area contributed by atoms with Gasteiger partial charge in [-0.25, -0.2) is 0 Å². The molecule has 2 aliphatic rings. The third-order valence-electron chi connectivity index (χ3n) is 5.24. The summed E-state index contributed by atoms with van der Waals surface area (Å²) >= 11 is 0. The molecule has 0 aliphatic carbocycles. The lowest BCUT2D eigenvalue weighted by atomic mass is 10.0. The van der Waals surface area contributed by atoms with Gasteiger partial charge in [0.25, 0.3) is 0 Å². The van der Waals surface area contributed by atoms with Crippen molar-refractivity contribution in [1.29, 1.82) is 0 Å². The third kappa shape index (κ3) is 4.64. The molecule has 0 radical (unpaired) electrons. The Balaban J connectivity index is 1.40. The largest absolute Gasteiger partial charge is 0.454 e. The molecular formula is C22H26N2O4. The number of rotatable bonds is 7. The fourth-order valence-corrected chi connectivity index (χ4v) is 3.67. The molecular weight excluding hydrogens is 356 g/mol. The molecule has 0 spiro atoms. The highest BCUT2D eigenvalue weighted by molar-refractivity contribution is 5.76. The molecule has 2 aromatic carbocycles. The highest BCUT2D eigenvalue weighted by Crippen LogP contribution is 2.35. The standard InChI is InChI=1S/C22H26N2O4/c25-22(9-6-17-4-2-1-3-5-17)23-15-19(24-10-12-26-13-11-24)18-7-8-20-21(14-18)28-16-27-20/h1-5,7-8,14,19H,6,9-13,15-16H2,(H,23,25)/t19-/m0/s1. The molecule has 0 saturated carbocycles. The highest BCUT2D eigenvalue weighted by atomic mass is 16.7. The van der Waals surface area contributed by atoms with Gasteiger partial charge in [-0.2, -0.15) is 0 Å². The van der Waals surface area contributed by atoms with E-state index in [-0.39, 0.29) is 18.7 Å². The van der Waals surface area contributed by atoms with Crippen molar-refractivity contribution < 1.29 is 19.0 Å². The van der Waals surface area contributed by atoms with Gasteiger partial charge in [0.2, 0.25) is 12.7 Å². The van der Waals surface area contributed by atoms with E-state index >= 15 is 0 Å². The highest BCUT2D eigenvalue weighted by Gasteiger charge is 2.25. The quantitative estimate of drug-likeness (QED) is 0.798. The van der Waals surface area contributed by atoms with Crippen molar-refractivity contribution in [1.82, 2.24) is 10.2 Å². The van der Waals surface area contributed by atoms with E-state index in [9.17, 15) is 4.79 Å². The van der Waals surface area contributed by atoms with Crippen LogP contribution >= 0.6 is 0 Å². The van der Waals surface area contributed by atoms with Gasteiger partial charge in [0.05, 0.1) is 19.3 Å². The first kappa shape index (κ1) is 18.8. The summed E-state index contributed by atoms with van der Waals surface area (Å²) < 4.78 is 16.5. The minimum absolute atomic E-state index is 0.0721. The summed E-state index contributed by atoms with van der Waals surface area (Å²) in [6.45, 7) is 3.94. The number of nitrogens with one attached hydrogen (secondary N) is 1. The molecule has 6 nitrogen and oxygen atoms in total. The van der Waals surface area contributed by atoms with Crippen molar-refractivity contribution in [3.8, 4) is 11.5 Å². The summed E-state index contributed by atoms with van der Waals surface area (Å²) in [7, 11) is 0. The van der Waals surface area contributed by atoms with Gasteiger partial charge < -0.3 is 19.5 Å². The molecule has 1 fully saturated rings. The Hall–Kier alpha value is -2.57. The molecule has 1 saturated heterocycles. The first-order chi connectivity index (χ1) is 13.8. The molecule has 0 unspecified atom stereocenters. The summed E-state index contributed by atoms with van der Waals surface area (Å²) in [5.41, 5.74) is 2.30. The van der Waals surface area contributed by atoms with Crippen LogP contribution in [0.25, 0.3) is 0 Å². The number of carbonyl (C=O) groups is 1. The van der Waals surface area contributed by atoms with Crippen LogP contribution in [-0.2, 0) is 16.0 Å². The van der Waals surface area contributed by atoms with Crippen LogP contribution in [0.15, 0.2) is 48.5 Å². The monoisotopic (exact) mass is 382 g/mol. The maximum atomic E-state index is 12.4. The van der Waals surface area contributed by atoms with E-state index in [0.717, 1.165) is 36.6 Å². The normalized spacial score (nSPS) is 17.3. The maximum Gasteiger partial charge on any atom is 0.231 e. The number of morpholine rings is 1. The molecule has 4 rings (SSSR count). The molecule has 6 heteroatoms. The number of fused-ring (bicyclic) bond motifs is 1. The van der Waals surface area contributed by atoms with E-state index < -0.39 is 0 Å². The second kappa shape index (κ2) is 9.08. The van der Waals surface area contributed by atoms with Crippen LogP contribution in [0, 0.1) is 0 Å². The molecule has 2 heterocycles. The zero-order valence-electron chi connectivity index (χ0n) is 15.9.